The summed E-state index contributed by atoms with van der Waals surface area (Å²) in [4.78, 5) is 2.38. The summed E-state index contributed by atoms with van der Waals surface area (Å²) in [5, 5.41) is 12.1. The number of halogens is 1. The molecule has 3 rings (SSSR count). The first kappa shape index (κ1) is 16.2. The summed E-state index contributed by atoms with van der Waals surface area (Å²) in [5.41, 5.74) is 2.51. The number of rotatable bonds is 6. The fraction of sp³-hybridized carbons (Fsp3) is 0.562. The van der Waals surface area contributed by atoms with E-state index < -0.39 is 0 Å². The zero-order chi connectivity index (χ0) is 16.2. The fourth-order valence-corrected chi connectivity index (χ4v) is 3.71. The van der Waals surface area contributed by atoms with E-state index in [0.29, 0.717) is 6.04 Å². The van der Waals surface area contributed by atoms with Crippen LogP contribution in [0.3, 0.4) is 0 Å². The molecule has 124 valence electrons. The van der Waals surface area contributed by atoms with Crippen molar-refractivity contribution < 1.29 is 4.74 Å². The number of fused-ring (bicyclic) bond motifs is 1. The molecule has 1 unspecified atom stereocenters. The second-order valence-electron chi connectivity index (χ2n) is 5.96. The number of methoxy groups -OCH3 is 1. The molecule has 1 aromatic carbocycles. The first-order valence-electron chi connectivity index (χ1n) is 7.97. The van der Waals surface area contributed by atoms with Gasteiger partial charge in [0.25, 0.3) is 0 Å². The number of nitrogens with zero attached hydrogens (tertiary/aromatic N) is 5. The van der Waals surface area contributed by atoms with Crippen LogP contribution in [-0.2, 0) is 13.0 Å². The van der Waals surface area contributed by atoms with Gasteiger partial charge in [0.05, 0.1) is 7.11 Å². The maximum atomic E-state index is 6.51. The maximum absolute atomic E-state index is 6.51. The molecule has 0 aliphatic heterocycles. The molecular formula is C16H22ClN5O. The van der Waals surface area contributed by atoms with E-state index in [4.69, 9.17) is 16.3 Å². The lowest BCUT2D eigenvalue weighted by atomic mass is 9.86. The molecule has 1 aliphatic carbocycles. The third kappa shape index (κ3) is 3.48. The Labute approximate surface area is 141 Å². The smallest absolute Gasteiger partial charge is 0.138 e. The Hall–Kier alpha value is -1.66. The van der Waals surface area contributed by atoms with E-state index in [0.717, 1.165) is 49.5 Å². The molecule has 1 aromatic heterocycles. The summed E-state index contributed by atoms with van der Waals surface area (Å²) >= 11 is 6.51. The fourth-order valence-electron chi connectivity index (χ4n) is 3.40. The average molecular weight is 336 g/mol. The van der Waals surface area contributed by atoms with Gasteiger partial charge in [0.1, 0.15) is 12.1 Å². The molecule has 0 saturated carbocycles. The van der Waals surface area contributed by atoms with Gasteiger partial charge in [-0.1, -0.05) is 11.6 Å². The molecule has 0 fully saturated rings. The van der Waals surface area contributed by atoms with E-state index in [2.05, 4.69) is 27.5 Å². The van der Waals surface area contributed by atoms with Crippen molar-refractivity contribution >= 4 is 11.6 Å². The van der Waals surface area contributed by atoms with Crippen molar-refractivity contribution in [1.82, 2.24) is 25.1 Å². The highest BCUT2D eigenvalue weighted by Crippen LogP contribution is 2.42. The van der Waals surface area contributed by atoms with Crippen LogP contribution >= 0.6 is 11.6 Å². The summed E-state index contributed by atoms with van der Waals surface area (Å²) in [5.74, 6) is 0.955. The zero-order valence-corrected chi connectivity index (χ0v) is 14.3. The number of aryl methyl sites for hydroxylation is 1. The molecule has 0 radical (unpaired) electrons. The van der Waals surface area contributed by atoms with Crippen molar-refractivity contribution in [3.8, 4) is 5.75 Å². The summed E-state index contributed by atoms with van der Waals surface area (Å²) in [6.07, 6.45) is 5.97. The van der Waals surface area contributed by atoms with Gasteiger partial charge in [-0.25, -0.2) is 4.68 Å². The lowest BCUT2D eigenvalue weighted by Gasteiger charge is -2.34. The Bertz CT molecular complexity index is 646. The first-order valence-corrected chi connectivity index (χ1v) is 8.34. The molecule has 0 amide bonds. The highest BCUT2D eigenvalue weighted by atomic mass is 35.5. The van der Waals surface area contributed by atoms with Crippen LogP contribution in [0.1, 0.15) is 36.4 Å². The molecule has 0 saturated heterocycles. The van der Waals surface area contributed by atoms with Gasteiger partial charge in [0.15, 0.2) is 0 Å². The van der Waals surface area contributed by atoms with Crippen molar-refractivity contribution in [1.29, 1.82) is 0 Å². The van der Waals surface area contributed by atoms with Crippen LogP contribution in [0.4, 0.5) is 0 Å². The summed E-state index contributed by atoms with van der Waals surface area (Å²) in [6.45, 7) is 1.79. The largest absolute Gasteiger partial charge is 0.496 e. The molecule has 1 aliphatic rings. The van der Waals surface area contributed by atoms with Gasteiger partial charge >= 0.3 is 0 Å². The van der Waals surface area contributed by atoms with Crippen LogP contribution < -0.4 is 4.74 Å². The number of tetrazole rings is 1. The normalized spacial score (nSPS) is 17.3. The highest BCUT2D eigenvalue weighted by molar-refractivity contribution is 6.31. The summed E-state index contributed by atoms with van der Waals surface area (Å²) in [6, 6.07) is 4.27. The van der Waals surface area contributed by atoms with Crippen LogP contribution in [0.5, 0.6) is 5.75 Å². The molecule has 1 heterocycles. The Morgan fingerprint density at radius 2 is 2.30 bits per heavy atom. The predicted molar refractivity (Wildman–Crippen MR) is 88.7 cm³/mol. The number of ether oxygens (including phenoxy) is 1. The van der Waals surface area contributed by atoms with Gasteiger partial charge in [-0.15, -0.1) is 5.10 Å². The minimum atomic E-state index is 0.343. The average Bonchev–Trinajstić information content (AvgIpc) is 3.08. The standard InChI is InChI=1S/C16H22ClN5O/c1-21(9-4-10-22-11-18-19-20-22)14-6-3-5-12-15(23-2)8-7-13(17)16(12)14/h7-8,11,14H,3-6,9-10H2,1-2H3. The van der Waals surface area contributed by atoms with Crippen LogP contribution in [0.25, 0.3) is 0 Å². The van der Waals surface area contributed by atoms with Gasteiger partial charge in [0, 0.05) is 29.7 Å². The lowest BCUT2D eigenvalue weighted by Crippen LogP contribution is -2.29. The monoisotopic (exact) mass is 335 g/mol. The molecule has 1 atom stereocenters. The van der Waals surface area contributed by atoms with Crippen LogP contribution in [-0.4, -0.2) is 45.8 Å². The maximum Gasteiger partial charge on any atom is 0.138 e. The van der Waals surface area contributed by atoms with E-state index in [-0.39, 0.29) is 0 Å². The second-order valence-corrected chi connectivity index (χ2v) is 6.36. The van der Waals surface area contributed by atoms with Gasteiger partial charge in [0.2, 0.25) is 0 Å². The molecule has 6 nitrogen and oxygen atoms in total. The van der Waals surface area contributed by atoms with Crippen molar-refractivity contribution in [3.05, 3.63) is 34.6 Å². The lowest BCUT2D eigenvalue weighted by molar-refractivity contribution is 0.213. The minimum absolute atomic E-state index is 0.343. The van der Waals surface area contributed by atoms with E-state index in [1.807, 2.05) is 12.1 Å². The third-order valence-corrected chi connectivity index (χ3v) is 4.87. The number of aromatic nitrogens is 4. The Morgan fingerprint density at radius 3 is 3.04 bits per heavy atom. The minimum Gasteiger partial charge on any atom is -0.496 e. The second kappa shape index (κ2) is 7.27. The molecule has 7 heteroatoms. The van der Waals surface area contributed by atoms with Crippen LogP contribution in [0, 0.1) is 0 Å². The van der Waals surface area contributed by atoms with E-state index in [1.165, 1.54) is 11.1 Å². The Kier molecular flexibility index (Phi) is 5.13. The van der Waals surface area contributed by atoms with Crippen molar-refractivity contribution in [2.24, 2.45) is 0 Å². The topological polar surface area (TPSA) is 56.1 Å². The van der Waals surface area contributed by atoms with E-state index in [1.54, 1.807) is 18.1 Å². The summed E-state index contributed by atoms with van der Waals surface area (Å²) < 4.78 is 7.29. The van der Waals surface area contributed by atoms with Crippen molar-refractivity contribution in [3.63, 3.8) is 0 Å². The quantitative estimate of drug-likeness (QED) is 0.812. The molecular weight excluding hydrogens is 314 g/mol. The van der Waals surface area contributed by atoms with E-state index >= 15 is 0 Å². The molecule has 0 bridgehead atoms. The zero-order valence-electron chi connectivity index (χ0n) is 13.6. The number of hydrogen-bond acceptors (Lipinski definition) is 5. The van der Waals surface area contributed by atoms with Crippen LogP contribution in [0.2, 0.25) is 5.02 Å². The van der Waals surface area contributed by atoms with Crippen LogP contribution in [0.15, 0.2) is 18.5 Å². The summed E-state index contributed by atoms with van der Waals surface area (Å²) in [7, 11) is 3.89. The molecule has 2 aromatic rings. The highest BCUT2D eigenvalue weighted by Gasteiger charge is 2.28. The number of benzene rings is 1. The van der Waals surface area contributed by atoms with Gasteiger partial charge < -0.3 is 4.74 Å². The Morgan fingerprint density at radius 1 is 1.43 bits per heavy atom. The number of hydrogen-bond donors (Lipinski definition) is 0. The first-order chi connectivity index (χ1) is 11.2. The van der Waals surface area contributed by atoms with Crippen molar-refractivity contribution in [2.75, 3.05) is 20.7 Å². The SMILES string of the molecule is COc1ccc(Cl)c2c1CCCC2N(C)CCCn1cnnn1. The molecule has 0 spiro atoms. The van der Waals surface area contributed by atoms with E-state index in [9.17, 15) is 0 Å². The van der Waals surface area contributed by atoms with Gasteiger partial charge in [-0.05, 0) is 60.9 Å². The molecule has 23 heavy (non-hydrogen) atoms. The van der Waals surface area contributed by atoms with Gasteiger partial charge in [-0.3, -0.25) is 4.90 Å². The molecule has 0 N–H and O–H groups in total. The van der Waals surface area contributed by atoms with Gasteiger partial charge in [-0.2, -0.15) is 0 Å². The third-order valence-electron chi connectivity index (χ3n) is 4.54. The predicted octanol–water partition coefficient (Wildman–Crippen LogP) is 2.73. The van der Waals surface area contributed by atoms with Crippen molar-refractivity contribution in [2.45, 2.75) is 38.3 Å². The Balaban J connectivity index is 1.71.